The number of benzene rings is 1. The molecule has 1 aromatic carbocycles. The molecular weight excluding hydrogens is 248 g/mol. The van der Waals surface area contributed by atoms with Crippen LogP contribution in [0.2, 0.25) is 5.02 Å². The van der Waals surface area contributed by atoms with Crippen molar-refractivity contribution in [3.8, 4) is 12.1 Å². The maximum Gasteiger partial charge on any atom is 0.111 e. The van der Waals surface area contributed by atoms with Gasteiger partial charge in [-0.05, 0) is 17.7 Å². The number of nitrogens with one attached hydrogen (secondary N) is 1. The van der Waals surface area contributed by atoms with Crippen LogP contribution in [0.1, 0.15) is 11.1 Å². The van der Waals surface area contributed by atoms with Gasteiger partial charge in [0.1, 0.15) is 6.04 Å². The normalized spacial score (nSPS) is 20.1. The van der Waals surface area contributed by atoms with E-state index in [2.05, 4.69) is 22.4 Å². The van der Waals surface area contributed by atoms with Crippen molar-refractivity contribution in [3.05, 3.63) is 34.3 Å². The first-order valence-corrected chi connectivity index (χ1v) is 6.15. The SMILES string of the molecule is N#Cc1ccc(CN2CCNCC2C#N)c(Cl)c1. The van der Waals surface area contributed by atoms with Gasteiger partial charge in [0.15, 0.2) is 0 Å². The van der Waals surface area contributed by atoms with E-state index in [1.807, 2.05) is 6.07 Å². The third-order valence-electron chi connectivity index (χ3n) is 3.06. The monoisotopic (exact) mass is 260 g/mol. The molecule has 0 radical (unpaired) electrons. The molecule has 0 amide bonds. The molecule has 1 unspecified atom stereocenters. The zero-order valence-electron chi connectivity index (χ0n) is 9.86. The van der Waals surface area contributed by atoms with Crippen molar-refractivity contribution in [1.82, 2.24) is 10.2 Å². The van der Waals surface area contributed by atoms with E-state index in [-0.39, 0.29) is 6.04 Å². The van der Waals surface area contributed by atoms with Crippen LogP contribution >= 0.6 is 11.6 Å². The molecular formula is C13H13ClN4. The van der Waals surface area contributed by atoms with Gasteiger partial charge in [-0.2, -0.15) is 10.5 Å². The Balaban J connectivity index is 2.14. The zero-order valence-corrected chi connectivity index (χ0v) is 10.6. The second kappa shape index (κ2) is 5.84. The van der Waals surface area contributed by atoms with Gasteiger partial charge in [0, 0.05) is 31.2 Å². The standard InChI is InChI=1S/C13H13ClN4/c14-13-5-10(6-15)1-2-11(13)9-18-4-3-17-8-12(18)7-16/h1-2,5,12,17H,3-4,8-9H2. The van der Waals surface area contributed by atoms with Gasteiger partial charge >= 0.3 is 0 Å². The van der Waals surface area contributed by atoms with E-state index >= 15 is 0 Å². The molecule has 0 aromatic heterocycles. The number of nitriles is 2. The number of hydrogen-bond donors (Lipinski definition) is 1. The van der Waals surface area contributed by atoms with E-state index in [1.165, 1.54) is 0 Å². The van der Waals surface area contributed by atoms with Crippen molar-refractivity contribution < 1.29 is 0 Å². The minimum Gasteiger partial charge on any atom is -0.313 e. The van der Waals surface area contributed by atoms with E-state index in [4.69, 9.17) is 22.1 Å². The van der Waals surface area contributed by atoms with Crippen LogP contribution in [-0.4, -0.2) is 30.6 Å². The lowest BCUT2D eigenvalue weighted by molar-refractivity contribution is 0.189. The Morgan fingerprint density at radius 1 is 1.44 bits per heavy atom. The first-order valence-electron chi connectivity index (χ1n) is 5.77. The van der Waals surface area contributed by atoms with Crippen molar-refractivity contribution in [2.45, 2.75) is 12.6 Å². The van der Waals surface area contributed by atoms with Crippen molar-refractivity contribution in [3.63, 3.8) is 0 Å². The van der Waals surface area contributed by atoms with Gasteiger partial charge in [-0.15, -0.1) is 0 Å². The summed E-state index contributed by atoms with van der Waals surface area (Å²) in [4.78, 5) is 2.10. The largest absolute Gasteiger partial charge is 0.313 e. The van der Waals surface area contributed by atoms with E-state index in [1.54, 1.807) is 12.1 Å². The molecule has 0 saturated carbocycles. The molecule has 1 N–H and O–H groups in total. The van der Waals surface area contributed by atoms with Crippen LogP contribution in [0.25, 0.3) is 0 Å². The van der Waals surface area contributed by atoms with Crippen LogP contribution in [0.3, 0.4) is 0 Å². The molecule has 1 saturated heterocycles. The molecule has 1 aromatic rings. The fourth-order valence-corrected chi connectivity index (χ4v) is 2.27. The van der Waals surface area contributed by atoms with Crippen molar-refractivity contribution >= 4 is 11.6 Å². The summed E-state index contributed by atoms with van der Waals surface area (Å²) in [6.45, 7) is 3.04. The minimum absolute atomic E-state index is 0.120. The van der Waals surface area contributed by atoms with Crippen LogP contribution in [0.15, 0.2) is 18.2 Å². The molecule has 5 heteroatoms. The highest BCUT2D eigenvalue weighted by Crippen LogP contribution is 2.20. The zero-order chi connectivity index (χ0) is 13.0. The molecule has 0 spiro atoms. The summed E-state index contributed by atoms with van der Waals surface area (Å²) in [5, 5.41) is 21.6. The number of piperazine rings is 1. The second-order valence-corrected chi connectivity index (χ2v) is 4.64. The van der Waals surface area contributed by atoms with Gasteiger partial charge in [0.2, 0.25) is 0 Å². The van der Waals surface area contributed by atoms with Gasteiger partial charge in [0.05, 0.1) is 17.7 Å². The van der Waals surface area contributed by atoms with Crippen LogP contribution in [0.5, 0.6) is 0 Å². The summed E-state index contributed by atoms with van der Waals surface area (Å²) in [6, 6.07) is 9.50. The van der Waals surface area contributed by atoms with Gasteiger partial charge in [-0.25, -0.2) is 0 Å². The lowest BCUT2D eigenvalue weighted by Gasteiger charge is -2.32. The Labute approximate surface area is 111 Å². The number of rotatable bonds is 2. The Kier molecular flexibility index (Phi) is 4.17. The van der Waals surface area contributed by atoms with E-state index in [0.717, 1.165) is 18.7 Å². The summed E-state index contributed by atoms with van der Waals surface area (Å²) in [5.74, 6) is 0. The summed E-state index contributed by atoms with van der Waals surface area (Å²) in [5.41, 5.74) is 1.51. The highest BCUT2D eigenvalue weighted by molar-refractivity contribution is 6.31. The fraction of sp³-hybridized carbons (Fsp3) is 0.385. The van der Waals surface area contributed by atoms with Crippen LogP contribution in [-0.2, 0) is 6.54 Å². The smallest absolute Gasteiger partial charge is 0.111 e. The molecule has 18 heavy (non-hydrogen) atoms. The Bertz CT molecular complexity index is 515. The molecule has 1 heterocycles. The minimum atomic E-state index is -0.120. The maximum absolute atomic E-state index is 9.08. The van der Waals surface area contributed by atoms with Crippen LogP contribution in [0.4, 0.5) is 0 Å². The van der Waals surface area contributed by atoms with Crippen LogP contribution in [0, 0.1) is 22.7 Å². The van der Waals surface area contributed by atoms with Crippen molar-refractivity contribution in [2.75, 3.05) is 19.6 Å². The lowest BCUT2D eigenvalue weighted by Crippen LogP contribution is -2.50. The Hall–Kier alpha value is -1.59. The van der Waals surface area contributed by atoms with Gasteiger partial charge in [-0.3, -0.25) is 4.90 Å². The fourth-order valence-electron chi connectivity index (χ4n) is 2.03. The number of halogens is 1. The third kappa shape index (κ3) is 2.80. The average Bonchev–Trinajstić information content (AvgIpc) is 2.41. The highest BCUT2D eigenvalue weighted by Gasteiger charge is 2.22. The van der Waals surface area contributed by atoms with Crippen LogP contribution < -0.4 is 5.32 Å². The molecule has 92 valence electrons. The quantitative estimate of drug-likeness (QED) is 0.876. The van der Waals surface area contributed by atoms with Crippen molar-refractivity contribution in [1.29, 1.82) is 10.5 Å². The molecule has 4 nitrogen and oxygen atoms in total. The molecule has 1 atom stereocenters. The van der Waals surface area contributed by atoms with Crippen molar-refractivity contribution in [2.24, 2.45) is 0 Å². The maximum atomic E-state index is 9.08. The first-order chi connectivity index (χ1) is 8.74. The topological polar surface area (TPSA) is 62.9 Å². The number of nitrogens with zero attached hydrogens (tertiary/aromatic N) is 3. The summed E-state index contributed by atoms with van der Waals surface area (Å²) in [6.07, 6.45) is 0. The van der Waals surface area contributed by atoms with Gasteiger partial charge < -0.3 is 5.32 Å². The summed E-state index contributed by atoms with van der Waals surface area (Å²) >= 11 is 6.14. The Morgan fingerprint density at radius 2 is 2.28 bits per heavy atom. The second-order valence-electron chi connectivity index (χ2n) is 4.24. The van der Waals surface area contributed by atoms with Gasteiger partial charge in [0.25, 0.3) is 0 Å². The van der Waals surface area contributed by atoms with E-state index < -0.39 is 0 Å². The van der Waals surface area contributed by atoms with E-state index in [9.17, 15) is 0 Å². The van der Waals surface area contributed by atoms with E-state index in [0.29, 0.717) is 23.7 Å². The van der Waals surface area contributed by atoms with Gasteiger partial charge in [-0.1, -0.05) is 17.7 Å². The Morgan fingerprint density at radius 3 is 2.94 bits per heavy atom. The molecule has 0 bridgehead atoms. The lowest BCUT2D eigenvalue weighted by atomic mass is 10.1. The third-order valence-corrected chi connectivity index (χ3v) is 3.41. The molecule has 1 aliphatic heterocycles. The summed E-state index contributed by atoms with van der Waals surface area (Å²) in [7, 11) is 0. The molecule has 1 aliphatic rings. The predicted octanol–water partition coefficient (Wildman–Crippen LogP) is 1.51. The molecule has 0 aliphatic carbocycles. The molecule has 2 rings (SSSR count). The summed E-state index contributed by atoms with van der Waals surface area (Å²) < 4.78 is 0. The average molecular weight is 261 g/mol. The number of hydrogen-bond acceptors (Lipinski definition) is 4. The predicted molar refractivity (Wildman–Crippen MR) is 68.8 cm³/mol. The molecule has 1 fully saturated rings. The first kappa shape index (κ1) is 12.9. The highest BCUT2D eigenvalue weighted by atomic mass is 35.5.